The number of rotatable bonds is 3. The molecule has 25 heavy (non-hydrogen) atoms. The van der Waals surface area contributed by atoms with Crippen molar-refractivity contribution in [3.8, 4) is 0 Å². The van der Waals surface area contributed by atoms with E-state index >= 15 is 0 Å². The molecule has 2 fully saturated rings. The SMILES string of the molecule is Cc1nccnc1CN1CC[C@](O)(c2ccccc2)[C@@H]2CCCC[C@H]21. The summed E-state index contributed by atoms with van der Waals surface area (Å²) in [6, 6.07) is 10.7. The normalized spacial score (nSPS) is 30.0. The predicted octanol–water partition coefficient (Wildman–Crippen LogP) is 3.44. The van der Waals surface area contributed by atoms with E-state index in [1.165, 1.54) is 19.3 Å². The first-order valence-electron chi connectivity index (χ1n) is 9.47. The number of piperidine rings is 1. The molecule has 3 atom stereocenters. The molecule has 4 rings (SSSR count). The molecule has 2 aliphatic rings. The fourth-order valence-electron chi connectivity index (χ4n) is 4.84. The Kier molecular flexibility index (Phi) is 4.57. The van der Waals surface area contributed by atoms with Crippen molar-refractivity contribution in [3.63, 3.8) is 0 Å². The average Bonchev–Trinajstić information content (AvgIpc) is 2.67. The van der Waals surface area contributed by atoms with E-state index in [0.29, 0.717) is 12.0 Å². The summed E-state index contributed by atoms with van der Waals surface area (Å²) in [5, 5.41) is 11.6. The van der Waals surface area contributed by atoms with Crippen molar-refractivity contribution in [1.82, 2.24) is 14.9 Å². The van der Waals surface area contributed by atoms with Crippen LogP contribution < -0.4 is 0 Å². The number of aliphatic hydroxyl groups is 1. The summed E-state index contributed by atoms with van der Waals surface area (Å²) in [7, 11) is 0. The third-order valence-electron chi connectivity index (χ3n) is 6.20. The van der Waals surface area contributed by atoms with Crippen LogP contribution in [0.25, 0.3) is 0 Å². The van der Waals surface area contributed by atoms with Gasteiger partial charge in [0, 0.05) is 37.4 Å². The van der Waals surface area contributed by atoms with Crippen LogP contribution in [-0.4, -0.2) is 32.6 Å². The van der Waals surface area contributed by atoms with Crippen molar-refractivity contribution in [2.45, 2.75) is 57.2 Å². The molecule has 132 valence electrons. The van der Waals surface area contributed by atoms with Crippen molar-refractivity contribution < 1.29 is 5.11 Å². The van der Waals surface area contributed by atoms with Gasteiger partial charge in [0.25, 0.3) is 0 Å². The Morgan fingerprint density at radius 3 is 2.68 bits per heavy atom. The summed E-state index contributed by atoms with van der Waals surface area (Å²) in [5.74, 6) is 0.300. The molecule has 0 spiro atoms. The van der Waals surface area contributed by atoms with Gasteiger partial charge < -0.3 is 5.11 Å². The zero-order valence-corrected chi connectivity index (χ0v) is 14.9. The Labute approximate surface area is 149 Å². The molecule has 1 aliphatic carbocycles. The topological polar surface area (TPSA) is 49.2 Å². The highest BCUT2D eigenvalue weighted by atomic mass is 16.3. The number of hydrogen-bond donors (Lipinski definition) is 1. The second-order valence-corrected chi connectivity index (χ2v) is 7.56. The largest absolute Gasteiger partial charge is 0.385 e. The van der Waals surface area contributed by atoms with E-state index in [4.69, 9.17) is 0 Å². The molecule has 4 nitrogen and oxygen atoms in total. The molecule has 0 radical (unpaired) electrons. The minimum absolute atomic E-state index is 0.300. The molecule has 2 heterocycles. The van der Waals surface area contributed by atoms with Crippen LogP contribution in [0.5, 0.6) is 0 Å². The van der Waals surface area contributed by atoms with Crippen molar-refractivity contribution in [1.29, 1.82) is 0 Å². The Balaban J connectivity index is 1.61. The molecule has 1 N–H and O–H groups in total. The summed E-state index contributed by atoms with van der Waals surface area (Å²) in [5.41, 5.74) is 2.47. The number of nitrogens with zero attached hydrogens (tertiary/aromatic N) is 3. The number of benzene rings is 1. The van der Waals surface area contributed by atoms with Gasteiger partial charge in [0.1, 0.15) is 0 Å². The first kappa shape index (κ1) is 16.7. The lowest BCUT2D eigenvalue weighted by Crippen LogP contribution is -2.57. The molecule has 0 amide bonds. The van der Waals surface area contributed by atoms with E-state index in [-0.39, 0.29) is 0 Å². The fraction of sp³-hybridized carbons (Fsp3) is 0.524. The molecule has 2 aromatic rings. The summed E-state index contributed by atoms with van der Waals surface area (Å²) >= 11 is 0. The second kappa shape index (κ2) is 6.85. The highest BCUT2D eigenvalue weighted by Crippen LogP contribution is 2.47. The minimum Gasteiger partial charge on any atom is -0.385 e. The van der Waals surface area contributed by atoms with Crippen LogP contribution in [0.4, 0.5) is 0 Å². The highest BCUT2D eigenvalue weighted by Gasteiger charge is 2.49. The van der Waals surface area contributed by atoms with Crippen LogP contribution in [-0.2, 0) is 12.1 Å². The molecule has 4 heteroatoms. The van der Waals surface area contributed by atoms with Gasteiger partial charge in [0.15, 0.2) is 0 Å². The summed E-state index contributed by atoms with van der Waals surface area (Å²) in [6.07, 6.45) is 9.07. The van der Waals surface area contributed by atoms with Crippen LogP contribution in [0, 0.1) is 12.8 Å². The lowest BCUT2D eigenvalue weighted by atomic mass is 9.66. The van der Waals surface area contributed by atoms with Gasteiger partial charge in [-0.05, 0) is 31.7 Å². The van der Waals surface area contributed by atoms with E-state index in [9.17, 15) is 5.11 Å². The second-order valence-electron chi connectivity index (χ2n) is 7.56. The third-order valence-corrected chi connectivity index (χ3v) is 6.20. The maximum absolute atomic E-state index is 11.6. The molecule has 1 aliphatic heterocycles. The minimum atomic E-state index is -0.694. The van der Waals surface area contributed by atoms with Gasteiger partial charge in [0.05, 0.1) is 17.0 Å². The van der Waals surface area contributed by atoms with E-state index in [1.807, 2.05) is 25.1 Å². The van der Waals surface area contributed by atoms with E-state index in [0.717, 1.165) is 42.9 Å². The van der Waals surface area contributed by atoms with E-state index in [1.54, 1.807) is 12.4 Å². The van der Waals surface area contributed by atoms with Crippen LogP contribution in [0.2, 0.25) is 0 Å². The lowest BCUT2D eigenvalue weighted by Gasteiger charge is -2.52. The van der Waals surface area contributed by atoms with E-state index < -0.39 is 5.60 Å². The molecule has 0 unspecified atom stereocenters. The van der Waals surface area contributed by atoms with Crippen molar-refractivity contribution in [2.75, 3.05) is 6.54 Å². The van der Waals surface area contributed by atoms with Crippen LogP contribution in [0.1, 0.15) is 49.1 Å². The maximum Gasteiger partial charge on any atom is 0.0951 e. The fourth-order valence-corrected chi connectivity index (χ4v) is 4.84. The summed E-state index contributed by atoms with van der Waals surface area (Å²) in [4.78, 5) is 11.5. The molecular formula is C21H27N3O. The van der Waals surface area contributed by atoms with E-state index in [2.05, 4.69) is 27.0 Å². The number of likely N-dealkylation sites (tertiary alicyclic amines) is 1. The van der Waals surface area contributed by atoms with Gasteiger partial charge in [-0.1, -0.05) is 43.2 Å². The van der Waals surface area contributed by atoms with Gasteiger partial charge in [-0.15, -0.1) is 0 Å². The zero-order valence-electron chi connectivity index (χ0n) is 14.9. The standard InChI is InChI=1S/C21H27N3O/c1-16-19(23-13-12-22-16)15-24-14-11-21(25,17-7-3-2-4-8-17)18-9-5-6-10-20(18)24/h2-4,7-8,12-13,18,20,25H,5-6,9-11,14-15H2,1H3/t18-,20-,21+/m1/s1. The molecule has 1 saturated carbocycles. The molecular weight excluding hydrogens is 310 g/mol. The lowest BCUT2D eigenvalue weighted by molar-refractivity contribution is -0.123. The van der Waals surface area contributed by atoms with Gasteiger partial charge in [-0.2, -0.15) is 0 Å². The van der Waals surface area contributed by atoms with Crippen molar-refractivity contribution >= 4 is 0 Å². The first-order valence-corrected chi connectivity index (χ1v) is 9.47. The molecule has 1 aromatic heterocycles. The summed E-state index contributed by atoms with van der Waals surface area (Å²) in [6.45, 7) is 3.78. The molecule has 0 bridgehead atoms. The smallest absolute Gasteiger partial charge is 0.0951 e. The summed E-state index contributed by atoms with van der Waals surface area (Å²) < 4.78 is 0. The Morgan fingerprint density at radius 1 is 1.12 bits per heavy atom. The number of aromatic nitrogens is 2. The Hall–Kier alpha value is -1.78. The number of hydrogen-bond acceptors (Lipinski definition) is 4. The maximum atomic E-state index is 11.6. The van der Waals surface area contributed by atoms with Gasteiger partial charge in [-0.25, -0.2) is 0 Å². The van der Waals surface area contributed by atoms with Crippen molar-refractivity contribution in [3.05, 3.63) is 59.7 Å². The van der Waals surface area contributed by atoms with Crippen LogP contribution in [0.15, 0.2) is 42.7 Å². The predicted molar refractivity (Wildman–Crippen MR) is 97.9 cm³/mol. The van der Waals surface area contributed by atoms with Gasteiger partial charge >= 0.3 is 0 Å². The molecule has 1 saturated heterocycles. The molecule has 1 aromatic carbocycles. The number of fused-ring (bicyclic) bond motifs is 1. The quantitative estimate of drug-likeness (QED) is 0.932. The van der Waals surface area contributed by atoms with Gasteiger partial charge in [0.2, 0.25) is 0 Å². The van der Waals surface area contributed by atoms with Crippen LogP contribution >= 0.6 is 0 Å². The number of aryl methyl sites for hydroxylation is 1. The highest BCUT2D eigenvalue weighted by molar-refractivity contribution is 5.25. The monoisotopic (exact) mass is 337 g/mol. The Morgan fingerprint density at radius 2 is 1.88 bits per heavy atom. The Bertz CT molecular complexity index is 720. The average molecular weight is 337 g/mol. The van der Waals surface area contributed by atoms with Crippen molar-refractivity contribution in [2.24, 2.45) is 5.92 Å². The first-order chi connectivity index (χ1) is 12.2. The van der Waals surface area contributed by atoms with Crippen LogP contribution in [0.3, 0.4) is 0 Å². The van der Waals surface area contributed by atoms with Gasteiger partial charge in [-0.3, -0.25) is 14.9 Å². The zero-order chi connectivity index (χ0) is 17.3. The third kappa shape index (κ3) is 3.09.